The van der Waals surface area contributed by atoms with Gasteiger partial charge in [0, 0.05) is 17.0 Å². The minimum atomic E-state index is -0.164. The van der Waals surface area contributed by atoms with E-state index < -0.39 is 0 Å². The van der Waals surface area contributed by atoms with Crippen LogP contribution in [-0.2, 0) is 5.75 Å². The van der Waals surface area contributed by atoms with Crippen LogP contribution in [0.25, 0.3) is 0 Å². The molecule has 0 saturated carbocycles. The topological polar surface area (TPSA) is 52.9 Å². The zero-order valence-electron chi connectivity index (χ0n) is 11.1. The molecule has 0 aliphatic carbocycles. The molecule has 0 aliphatic heterocycles. The standard InChI is InChI=1S/C16H14N2OS/c1-20-11-13-5-2-6-14(8-13)16(19)18-15-7-3-4-12(9-15)10-17/h2-9H,11H2,1H3,(H,18,19). The summed E-state index contributed by atoms with van der Waals surface area (Å²) in [6.07, 6.45) is 2.03. The number of thioether (sulfide) groups is 1. The van der Waals surface area contributed by atoms with Crippen LogP contribution in [0, 0.1) is 11.3 Å². The normalized spacial score (nSPS) is 9.80. The van der Waals surface area contributed by atoms with E-state index in [4.69, 9.17) is 5.26 Å². The molecule has 0 atom stereocenters. The monoisotopic (exact) mass is 282 g/mol. The third-order valence-corrected chi connectivity index (χ3v) is 3.37. The van der Waals surface area contributed by atoms with Crippen LogP contribution in [0.2, 0.25) is 0 Å². The molecule has 0 saturated heterocycles. The van der Waals surface area contributed by atoms with Crippen molar-refractivity contribution in [3.05, 3.63) is 65.2 Å². The zero-order valence-corrected chi connectivity index (χ0v) is 11.9. The Hall–Kier alpha value is -2.25. The second-order valence-electron chi connectivity index (χ2n) is 4.28. The minimum Gasteiger partial charge on any atom is -0.322 e. The van der Waals surface area contributed by atoms with Crippen LogP contribution < -0.4 is 5.32 Å². The molecule has 0 heterocycles. The van der Waals surface area contributed by atoms with E-state index >= 15 is 0 Å². The number of rotatable bonds is 4. The first-order chi connectivity index (χ1) is 9.72. The summed E-state index contributed by atoms with van der Waals surface area (Å²) in [6.45, 7) is 0. The molecule has 4 heteroatoms. The van der Waals surface area contributed by atoms with Gasteiger partial charge in [0.15, 0.2) is 0 Å². The predicted molar refractivity (Wildman–Crippen MR) is 82.8 cm³/mol. The molecule has 1 N–H and O–H groups in total. The molecule has 3 nitrogen and oxygen atoms in total. The van der Waals surface area contributed by atoms with Gasteiger partial charge in [-0.2, -0.15) is 17.0 Å². The van der Waals surface area contributed by atoms with Crippen molar-refractivity contribution in [3.8, 4) is 6.07 Å². The van der Waals surface area contributed by atoms with Crippen LogP contribution in [0.5, 0.6) is 0 Å². The lowest BCUT2D eigenvalue weighted by atomic mass is 10.1. The number of anilines is 1. The summed E-state index contributed by atoms with van der Waals surface area (Å²) in [7, 11) is 0. The van der Waals surface area contributed by atoms with Crippen LogP contribution in [0.15, 0.2) is 48.5 Å². The SMILES string of the molecule is CSCc1cccc(C(=O)Nc2cccc(C#N)c2)c1. The van der Waals surface area contributed by atoms with Gasteiger partial charge >= 0.3 is 0 Å². The maximum absolute atomic E-state index is 12.2. The minimum absolute atomic E-state index is 0.164. The average Bonchev–Trinajstić information content (AvgIpc) is 2.48. The van der Waals surface area contributed by atoms with Crippen molar-refractivity contribution >= 4 is 23.4 Å². The van der Waals surface area contributed by atoms with Gasteiger partial charge in [-0.1, -0.05) is 18.2 Å². The smallest absolute Gasteiger partial charge is 0.255 e. The van der Waals surface area contributed by atoms with Gasteiger partial charge in [0.05, 0.1) is 11.6 Å². The molecule has 2 rings (SSSR count). The fourth-order valence-corrected chi connectivity index (χ4v) is 2.35. The van der Waals surface area contributed by atoms with E-state index in [1.807, 2.05) is 24.5 Å². The molecular weight excluding hydrogens is 268 g/mol. The lowest BCUT2D eigenvalue weighted by Gasteiger charge is -2.07. The first-order valence-corrected chi connectivity index (χ1v) is 7.51. The van der Waals surface area contributed by atoms with Crippen LogP contribution >= 0.6 is 11.8 Å². The predicted octanol–water partition coefficient (Wildman–Crippen LogP) is 3.67. The summed E-state index contributed by atoms with van der Waals surface area (Å²) in [6, 6.07) is 16.5. The Balaban J connectivity index is 2.15. The highest BCUT2D eigenvalue weighted by Crippen LogP contribution is 2.14. The molecule has 0 aliphatic rings. The van der Waals surface area contributed by atoms with Gasteiger partial charge in [-0.25, -0.2) is 0 Å². The highest BCUT2D eigenvalue weighted by atomic mass is 32.2. The third-order valence-electron chi connectivity index (χ3n) is 2.75. The molecule has 100 valence electrons. The van der Waals surface area contributed by atoms with Crippen molar-refractivity contribution in [2.24, 2.45) is 0 Å². The van der Waals surface area contributed by atoms with Crippen LogP contribution in [0.1, 0.15) is 21.5 Å². The number of nitrogens with zero attached hydrogens (tertiary/aromatic N) is 1. The largest absolute Gasteiger partial charge is 0.322 e. The van der Waals surface area contributed by atoms with Crippen molar-refractivity contribution in [1.82, 2.24) is 0 Å². The number of carbonyl (C=O) groups excluding carboxylic acids is 1. The Morgan fingerprint density at radius 3 is 2.80 bits per heavy atom. The van der Waals surface area contributed by atoms with Gasteiger partial charge < -0.3 is 5.32 Å². The summed E-state index contributed by atoms with van der Waals surface area (Å²) in [5.41, 5.74) is 2.90. The van der Waals surface area contributed by atoms with Gasteiger partial charge in [-0.05, 0) is 42.2 Å². The number of benzene rings is 2. The summed E-state index contributed by atoms with van der Waals surface area (Å²) in [4.78, 5) is 12.2. The van der Waals surface area contributed by atoms with E-state index in [0.29, 0.717) is 16.8 Å². The fraction of sp³-hybridized carbons (Fsp3) is 0.125. The molecule has 0 fully saturated rings. The Morgan fingerprint density at radius 1 is 1.25 bits per heavy atom. The Labute approximate surface area is 122 Å². The zero-order chi connectivity index (χ0) is 14.4. The molecule has 0 radical (unpaired) electrons. The molecular formula is C16H14N2OS. The number of amides is 1. The number of hydrogen-bond donors (Lipinski definition) is 1. The molecule has 2 aromatic rings. The Bertz CT molecular complexity index is 662. The van der Waals surface area contributed by atoms with E-state index in [2.05, 4.69) is 11.4 Å². The van der Waals surface area contributed by atoms with Crippen molar-refractivity contribution in [1.29, 1.82) is 5.26 Å². The highest BCUT2D eigenvalue weighted by molar-refractivity contribution is 7.97. The molecule has 0 bridgehead atoms. The number of carbonyl (C=O) groups is 1. The van der Waals surface area contributed by atoms with E-state index in [0.717, 1.165) is 11.3 Å². The molecule has 0 spiro atoms. The van der Waals surface area contributed by atoms with Crippen LogP contribution in [0.3, 0.4) is 0 Å². The van der Waals surface area contributed by atoms with Gasteiger partial charge in [-0.15, -0.1) is 0 Å². The third kappa shape index (κ3) is 3.62. The molecule has 20 heavy (non-hydrogen) atoms. The molecule has 2 aromatic carbocycles. The number of hydrogen-bond acceptors (Lipinski definition) is 3. The fourth-order valence-electron chi connectivity index (χ4n) is 1.84. The van der Waals surface area contributed by atoms with Gasteiger partial charge in [0.1, 0.15) is 0 Å². The van der Waals surface area contributed by atoms with Gasteiger partial charge in [-0.3, -0.25) is 4.79 Å². The summed E-state index contributed by atoms with van der Waals surface area (Å²) in [5, 5.41) is 11.6. The van der Waals surface area contributed by atoms with Crippen molar-refractivity contribution in [2.45, 2.75) is 5.75 Å². The van der Waals surface area contributed by atoms with Crippen LogP contribution in [0.4, 0.5) is 5.69 Å². The Kier molecular flexibility index (Phi) is 4.80. The summed E-state index contributed by atoms with van der Waals surface area (Å²) >= 11 is 1.72. The van der Waals surface area contributed by atoms with Gasteiger partial charge in [0.2, 0.25) is 0 Å². The maximum atomic E-state index is 12.2. The molecule has 0 aromatic heterocycles. The van der Waals surface area contributed by atoms with Crippen molar-refractivity contribution < 1.29 is 4.79 Å². The van der Waals surface area contributed by atoms with Crippen molar-refractivity contribution in [2.75, 3.05) is 11.6 Å². The number of nitrogens with one attached hydrogen (secondary N) is 1. The van der Waals surface area contributed by atoms with E-state index in [-0.39, 0.29) is 5.91 Å². The maximum Gasteiger partial charge on any atom is 0.255 e. The first kappa shape index (κ1) is 14.2. The summed E-state index contributed by atoms with van der Waals surface area (Å²) < 4.78 is 0. The first-order valence-electron chi connectivity index (χ1n) is 6.12. The van der Waals surface area contributed by atoms with E-state index in [1.165, 1.54) is 0 Å². The second kappa shape index (κ2) is 6.78. The Morgan fingerprint density at radius 2 is 2.05 bits per heavy atom. The van der Waals surface area contributed by atoms with Crippen molar-refractivity contribution in [3.63, 3.8) is 0 Å². The van der Waals surface area contributed by atoms with Gasteiger partial charge in [0.25, 0.3) is 5.91 Å². The molecule has 0 unspecified atom stereocenters. The second-order valence-corrected chi connectivity index (χ2v) is 5.15. The van der Waals surface area contributed by atoms with Crippen LogP contribution in [-0.4, -0.2) is 12.2 Å². The summed E-state index contributed by atoms with van der Waals surface area (Å²) in [5.74, 6) is 0.716. The lowest BCUT2D eigenvalue weighted by Crippen LogP contribution is -2.12. The quantitative estimate of drug-likeness (QED) is 0.930. The average molecular weight is 282 g/mol. The van der Waals surface area contributed by atoms with E-state index in [9.17, 15) is 4.79 Å². The highest BCUT2D eigenvalue weighted by Gasteiger charge is 2.07. The lowest BCUT2D eigenvalue weighted by molar-refractivity contribution is 0.102. The molecule has 1 amide bonds. The number of nitriles is 1. The van der Waals surface area contributed by atoms with E-state index in [1.54, 1.807) is 42.1 Å².